The van der Waals surface area contributed by atoms with Gasteiger partial charge >= 0.3 is 6.03 Å². The lowest BCUT2D eigenvalue weighted by Crippen LogP contribution is -2.47. The molecule has 0 spiro atoms. The lowest BCUT2D eigenvalue weighted by atomic mass is 9.92. The molecule has 1 saturated heterocycles. The average Bonchev–Trinajstić information content (AvgIpc) is 2.36. The summed E-state index contributed by atoms with van der Waals surface area (Å²) >= 11 is 0. The summed E-state index contributed by atoms with van der Waals surface area (Å²) in [5.41, 5.74) is 1.14. The highest BCUT2D eigenvalue weighted by molar-refractivity contribution is 5.74. The van der Waals surface area contributed by atoms with Crippen LogP contribution in [0.25, 0.3) is 0 Å². The van der Waals surface area contributed by atoms with Crippen LogP contribution in [0.5, 0.6) is 0 Å². The van der Waals surface area contributed by atoms with Gasteiger partial charge in [-0.2, -0.15) is 0 Å². The summed E-state index contributed by atoms with van der Waals surface area (Å²) in [7, 11) is 0. The Labute approximate surface area is 109 Å². The molecule has 1 N–H and O–H groups in total. The normalized spacial score (nSPS) is 23.8. The van der Waals surface area contributed by atoms with Gasteiger partial charge in [0.2, 0.25) is 0 Å². The van der Waals surface area contributed by atoms with Crippen molar-refractivity contribution in [2.45, 2.75) is 26.8 Å². The van der Waals surface area contributed by atoms with Gasteiger partial charge in [0, 0.05) is 19.6 Å². The quantitative estimate of drug-likeness (QED) is 0.855. The number of carbonyl (C=O) groups excluding carboxylic acids is 1. The van der Waals surface area contributed by atoms with E-state index in [1.54, 1.807) is 0 Å². The number of piperidine rings is 1. The van der Waals surface area contributed by atoms with Crippen molar-refractivity contribution in [1.82, 2.24) is 10.2 Å². The maximum Gasteiger partial charge on any atom is 0.317 e. The molecule has 3 heteroatoms. The average molecular weight is 246 g/mol. The van der Waals surface area contributed by atoms with Crippen LogP contribution in [0, 0.1) is 11.8 Å². The van der Waals surface area contributed by atoms with Crippen LogP contribution in [0.15, 0.2) is 30.3 Å². The highest BCUT2D eigenvalue weighted by Gasteiger charge is 2.24. The van der Waals surface area contributed by atoms with Crippen molar-refractivity contribution in [2.75, 3.05) is 13.1 Å². The molecule has 1 fully saturated rings. The molecule has 18 heavy (non-hydrogen) atoms. The van der Waals surface area contributed by atoms with Crippen LogP contribution in [-0.2, 0) is 6.54 Å². The van der Waals surface area contributed by atoms with Gasteiger partial charge in [0.1, 0.15) is 0 Å². The summed E-state index contributed by atoms with van der Waals surface area (Å²) in [5, 5.41) is 3.00. The number of amides is 2. The van der Waals surface area contributed by atoms with E-state index in [2.05, 4.69) is 19.2 Å². The van der Waals surface area contributed by atoms with Crippen molar-refractivity contribution < 1.29 is 4.79 Å². The Hall–Kier alpha value is -1.51. The lowest BCUT2D eigenvalue weighted by molar-refractivity contribution is 0.146. The largest absolute Gasteiger partial charge is 0.334 e. The second-order valence-electron chi connectivity index (χ2n) is 5.50. The highest BCUT2D eigenvalue weighted by Crippen LogP contribution is 2.20. The molecule has 0 radical (unpaired) electrons. The van der Waals surface area contributed by atoms with Crippen LogP contribution >= 0.6 is 0 Å². The zero-order chi connectivity index (χ0) is 13.0. The van der Waals surface area contributed by atoms with E-state index < -0.39 is 0 Å². The Morgan fingerprint density at radius 3 is 2.44 bits per heavy atom. The Morgan fingerprint density at radius 1 is 1.22 bits per heavy atom. The predicted octanol–water partition coefficient (Wildman–Crippen LogP) is 2.87. The second kappa shape index (κ2) is 5.89. The topological polar surface area (TPSA) is 32.3 Å². The summed E-state index contributed by atoms with van der Waals surface area (Å²) in [6.07, 6.45) is 1.22. The van der Waals surface area contributed by atoms with E-state index in [1.165, 1.54) is 6.42 Å². The first-order chi connectivity index (χ1) is 8.65. The Bertz CT molecular complexity index is 381. The molecule has 1 aromatic rings. The van der Waals surface area contributed by atoms with E-state index in [0.29, 0.717) is 18.4 Å². The smallest absolute Gasteiger partial charge is 0.317 e. The van der Waals surface area contributed by atoms with Crippen LogP contribution in [-0.4, -0.2) is 24.0 Å². The summed E-state index contributed by atoms with van der Waals surface area (Å²) < 4.78 is 0. The van der Waals surface area contributed by atoms with Gasteiger partial charge in [-0.05, 0) is 23.8 Å². The van der Waals surface area contributed by atoms with Crippen molar-refractivity contribution in [3.8, 4) is 0 Å². The Balaban J connectivity index is 1.84. The third kappa shape index (κ3) is 3.49. The van der Waals surface area contributed by atoms with E-state index in [0.717, 1.165) is 18.7 Å². The van der Waals surface area contributed by atoms with Gasteiger partial charge in [-0.3, -0.25) is 0 Å². The zero-order valence-electron chi connectivity index (χ0n) is 11.2. The van der Waals surface area contributed by atoms with Crippen molar-refractivity contribution >= 4 is 6.03 Å². The first kappa shape index (κ1) is 12.9. The number of carbonyl (C=O) groups is 1. The van der Waals surface area contributed by atoms with Gasteiger partial charge in [-0.25, -0.2) is 4.79 Å². The molecule has 1 heterocycles. The number of urea groups is 1. The minimum absolute atomic E-state index is 0.0669. The molecule has 0 aromatic heterocycles. The van der Waals surface area contributed by atoms with Gasteiger partial charge in [-0.15, -0.1) is 0 Å². The van der Waals surface area contributed by atoms with Crippen molar-refractivity contribution in [1.29, 1.82) is 0 Å². The van der Waals surface area contributed by atoms with Gasteiger partial charge in [0.25, 0.3) is 0 Å². The first-order valence-electron chi connectivity index (χ1n) is 6.72. The number of likely N-dealkylation sites (tertiary alicyclic amines) is 1. The van der Waals surface area contributed by atoms with Gasteiger partial charge in [0.15, 0.2) is 0 Å². The minimum Gasteiger partial charge on any atom is -0.334 e. The second-order valence-corrected chi connectivity index (χ2v) is 5.50. The number of rotatable bonds is 2. The summed E-state index contributed by atoms with van der Waals surface area (Å²) in [5.74, 6) is 1.22. The molecule has 2 rings (SSSR count). The number of nitrogens with zero attached hydrogens (tertiary/aromatic N) is 1. The molecular weight excluding hydrogens is 224 g/mol. The summed E-state index contributed by atoms with van der Waals surface area (Å²) in [6.45, 7) is 6.80. The van der Waals surface area contributed by atoms with E-state index in [9.17, 15) is 4.79 Å². The van der Waals surface area contributed by atoms with E-state index in [-0.39, 0.29) is 6.03 Å². The van der Waals surface area contributed by atoms with Crippen molar-refractivity contribution in [3.05, 3.63) is 35.9 Å². The van der Waals surface area contributed by atoms with E-state index in [1.807, 2.05) is 35.2 Å². The molecule has 0 bridgehead atoms. The lowest BCUT2D eigenvalue weighted by Gasteiger charge is -2.34. The molecule has 98 valence electrons. The Kier molecular flexibility index (Phi) is 4.24. The number of hydrogen-bond acceptors (Lipinski definition) is 1. The molecule has 2 atom stereocenters. The SMILES string of the molecule is CC1CC(C)CN(C(=O)NCc2ccccc2)C1. The van der Waals surface area contributed by atoms with Gasteiger partial charge in [-0.1, -0.05) is 44.2 Å². The zero-order valence-corrected chi connectivity index (χ0v) is 11.2. The fraction of sp³-hybridized carbons (Fsp3) is 0.533. The molecule has 1 aromatic carbocycles. The highest BCUT2D eigenvalue weighted by atomic mass is 16.2. The molecule has 3 nitrogen and oxygen atoms in total. The van der Waals surface area contributed by atoms with E-state index in [4.69, 9.17) is 0 Å². The van der Waals surface area contributed by atoms with Gasteiger partial charge in [0.05, 0.1) is 0 Å². The molecule has 0 saturated carbocycles. The third-order valence-corrected chi connectivity index (χ3v) is 3.44. The van der Waals surface area contributed by atoms with Gasteiger partial charge < -0.3 is 10.2 Å². The van der Waals surface area contributed by atoms with E-state index >= 15 is 0 Å². The van der Waals surface area contributed by atoms with Crippen molar-refractivity contribution in [2.24, 2.45) is 11.8 Å². The number of hydrogen-bond donors (Lipinski definition) is 1. The maximum absolute atomic E-state index is 12.1. The summed E-state index contributed by atoms with van der Waals surface area (Å²) in [4.78, 5) is 14.0. The maximum atomic E-state index is 12.1. The fourth-order valence-electron chi connectivity index (χ4n) is 2.71. The van der Waals surface area contributed by atoms with Crippen LogP contribution in [0.3, 0.4) is 0 Å². The van der Waals surface area contributed by atoms with Crippen LogP contribution < -0.4 is 5.32 Å². The molecule has 2 amide bonds. The monoisotopic (exact) mass is 246 g/mol. The standard InChI is InChI=1S/C15H22N2O/c1-12-8-13(2)11-17(10-12)15(18)16-9-14-6-4-3-5-7-14/h3-7,12-13H,8-11H2,1-2H3,(H,16,18). The Morgan fingerprint density at radius 2 is 1.83 bits per heavy atom. The van der Waals surface area contributed by atoms with Crippen LogP contribution in [0.1, 0.15) is 25.8 Å². The predicted molar refractivity (Wildman–Crippen MR) is 73.2 cm³/mol. The number of benzene rings is 1. The fourth-order valence-corrected chi connectivity index (χ4v) is 2.71. The molecule has 1 aliphatic heterocycles. The summed E-state index contributed by atoms with van der Waals surface area (Å²) in [6, 6.07) is 10.1. The molecule has 0 aliphatic carbocycles. The molecule has 1 aliphatic rings. The first-order valence-corrected chi connectivity index (χ1v) is 6.72. The van der Waals surface area contributed by atoms with Crippen molar-refractivity contribution in [3.63, 3.8) is 0 Å². The molecule has 2 unspecified atom stereocenters. The van der Waals surface area contributed by atoms with Crippen LogP contribution in [0.2, 0.25) is 0 Å². The third-order valence-electron chi connectivity index (χ3n) is 3.44. The number of nitrogens with one attached hydrogen (secondary N) is 1. The van der Waals surface area contributed by atoms with Crippen LogP contribution in [0.4, 0.5) is 4.79 Å². The minimum atomic E-state index is 0.0669. The molecular formula is C15H22N2O.